The quantitative estimate of drug-likeness (QED) is 0.595. The minimum atomic E-state index is -0.329. The lowest BCUT2D eigenvalue weighted by Gasteiger charge is -2.47. The summed E-state index contributed by atoms with van der Waals surface area (Å²) in [7, 11) is 0. The number of carbonyl (C=O) groups is 2. The number of benzene rings is 2. The Labute approximate surface area is 180 Å². The summed E-state index contributed by atoms with van der Waals surface area (Å²) in [6.45, 7) is 1.11. The van der Waals surface area contributed by atoms with Crippen LogP contribution in [0.3, 0.4) is 0 Å². The predicted octanol–water partition coefficient (Wildman–Crippen LogP) is 4.23. The van der Waals surface area contributed by atoms with Crippen LogP contribution in [-0.4, -0.2) is 47.1 Å². The minimum absolute atomic E-state index is 0.125. The smallest absolute Gasteiger partial charge is 0.410 e. The van der Waals surface area contributed by atoms with Crippen LogP contribution in [0.2, 0.25) is 0 Å². The van der Waals surface area contributed by atoms with Crippen LogP contribution in [0.1, 0.15) is 28.8 Å². The van der Waals surface area contributed by atoms with E-state index in [1.807, 2.05) is 60.7 Å². The molecule has 2 aliphatic heterocycles. The molecule has 2 atom stereocenters. The predicted molar refractivity (Wildman–Crippen MR) is 116 cm³/mol. The second-order valence-corrected chi connectivity index (χ2v) is 8.24. The van der Waals surface area contributed by atoms with E-state index in [0.717, 1.165) is 16.5 Å². The first-order valence-corrected chi connectivity index (χ1v) is 10.6. The number of hydrogen-bond acceptors (Lipinski definition) is 5. The number of aromatic nitrogens is 1. The van der Waals surface area contributed by atoms with Gasteiger partial charge in [0.05, 0.1) is 30.8 Å². The fourth-order valence-corrected chi connectivity index (χ4v) is 4.69. The second kappa shape index (κ2) is 8.47. The van der Waals surface area contributed by atoms with Crippen molar-refractivity contribution in [1.82, 2.24) is 9.88 Å². The summed E-state index contributed by atoms with van der Waals surface area (Å²) < 4.78 is 11.3. The van der Waals surface area contributed by atoms with E-state index in [1.54, 1.807) is 11.1 Å². The maximum Gasteiger partial charge on any atom is 0.410 e. The second-order valence-electron chi connectivity index (χ2n) is 8.24. The third kappa shape index (κ3) is 4.03. The van der Waals surface area contributed by atoms with Crippen LogP contribution < -0.4 is 0 Å². The summed E-state index contributed by atoms with van der Waals surface area (Å²) in [6.07, 6.45) is 2.59. The normalized spacial score (nSPS) is 22.8. The Morgan fingerprint density at radius 1 is 1.00 bits per heavy atom. The Hall–Kier alpha value is -3.25. The lowest BCUT2D eigenvalue weighted by atomic mass is 9.80. The summed E-state index contributed by atoms with van der Waals surface area (Å²) in [5, 5.41) is 0.957. The summed E-state index contributed by atoms with van der Waals surface area (Å²) in [4.78, 5) is 32.2. The molecular weight excluding hydrogens is 392 g/mol. The number of Topliss-reactive ketones (excluding diaryl/α,β-unsaturated/α-hetero) is 1. The van der Waals surface area contributed by atoms with Gasteiger partial charge in [-0.1, -0.05) is 36.4 Å². The number of rotatable bonds is 4. The number of ketones is 1. The van der Waals surface area contributed by atoms with Crippen LogP contribution in [-0.2, 0) is 16.1 Å². The van der Waals surface area contributed by atoms with E-state index in [4.69, 9.17) is 9.47 Å². The number of hydrogen-bond donors (Lipinski definition) is 0. The van der Waals surface area contributed by atoms with Gasteiger partial charge in [0.2, 0.25) is 0 Å². The van der Waals surface area contributed by atoms with Crippen LogP contribution >= 0.6 is 0 Å². The maximum absolute atomic E-state index is 13.3. The number of carbonyl (C=O) groups excluding carboxylic acids is 2. The Morgan fingerprint density at radius 3 is 2.55 bits per heavy atom. The molecule has 2 bridgehead atoms. The van der Waals surface area contributed by atoms with Crippen LogP contribution in [0.4, 0.5) is 4.79 Å². The lowest BCUT2D eigenvalue weighted by molar-refractivity contribution is -0.0755. The molecule has 3 aromatic rings. The van der Waals surface area contributed by atoms with Gasteiger partial charge in [-0.15, -0.1) is 0 Å². The third-order valence-electron chi connectivity index (χ3n) is 6.19. The molecule has 1 aromatic heterocycles. The van der Waals surface area contributed by atoms with E-state index in [9.17, 15) is 9.59 Å². The average molecular weight is 416 g/mol. The van der Waals surface area contributed by atoms with Crippen molar-refractivity contribution < 1.29 is 19.1 Å². The van der Waals surface area contributed by atoms with Crippen molar-refractivity contribution >= 4 is 22.8 Å². The van der Waals surface area contributed by atoms with Crippen molar-refractivity contribution in [2.75, 3.05) is 13.2 Å². The molecule has 2 saturated heterocycles. The van der Waals surface area contributed by atoms with Gasteiger partial charge in [-0.2, -0.15) is 0 Å². The lowest BCUT2D eigenvalue weighted by Crippen LogP contribution is -2.59. The first-order chi connectivity index (χ1) is 15.2. The van der Waals surface area contributed by atoms with Crippen molar-refractivity contribution in [3.8, 4) is 0 Å². The summed E-state index contributed by atoms with van der Waals surface area (Å²) in [5.41, 5.74) is 2.53. The van der Waals surface area contributed by atoms with Gasteiger partial charge < -0.3 is 9.47 Å². The molecule has 158 valence electrons. The number of pyridine rings is 1. The van der Waals surface area contributed by atoms with Crippen molar-refractivity contribution in [2.24, 2.45) is 5.92 Å². The number of ether oxygens (including phenoxy) is 2. The molecular formula is C25H24N2O4. The zero-order valence-corrected chi connectivity index (χ0v) is 17.1. The van der Waals surface area contributed by atoms with E-state index in [2.05, 4.69) is 4.98 Å². The number of morpholine rings is 1. The molecule has 0 N–H and O–H groups in total. The van der Waals surface area contributed by atoms with Crippen molar-refractivity contribution in [3.63, 3.8) is 0 Å². The first kappa shape index (κ1) is 19.7. The molecule has 2 aliphatic rings. The van der Waals surface area contributed by atoms with E-state index >= 15 is 0 Å². The van der Waals surface area contributed by atoms with Crippen molar-refractivity contribution in [3.05, 3.63) is 78.0 Å². The molecule has 2 aromatic carbocycles. The highest BCUT2D eigenvalue weighted by Crippen LogP contribution is 2.34. The standard InChI is InChI=1S/C25H24N2O4/c28-24(19-8-9-23-18(11-19)7-4-10-26-23)20-12-21-15-30-16-22(13-20)27(21)25(29)31-14-17-5-2-1-3-6-17/h1-11,20-22H,12-16H2. The van der Waals surface area contributed by atoms with Gasteiger partial charge >= 0.3 is 6.09 Å². The average Bonchev–Trinajstić information content (AvgIpc) is 2.81. The van der Waals surface area contributed by atoms with Gasteiger partial charge in [0.1, 0.15) is 6.61 Å². The van der Waals surface area contributed by atoms with Crippen LogP contribution in [0, 0.1) is 5.92 Å². The van der Waals surface area contributed by atoms with Gasteiger partial charge in [-0.05, 0) is 42.7 Å². The Bertz CT molecular complexity index is 1090. The first-order valence-electron chi connectivity index (χ1n) is 10.6. The van der Waals surface area contributed by atoms with E-state index in [-0.39, 0.29) is 36.5 Å². The topological polar surface area (TPSA) is 68.7 Å². The number of piperidine rings is 1. The van der Waals surface area contributed by atoms with Gasteiger partial charge in [-0.3, -0.25) is 14.7 Å². The van der Waals surface area contributed by atoms with Crippen molar-refractivity contribution in [1.29, 1.82) is 0 Å². The molecule has 1 amide bonds. The summed E-state index contributed by atoms with van der Waals surface area (Å²) in [6, 6.07) is 18.8. The number of fused-ring (bicyclic) bond motifs is 3. The van der Waals surface area contributed by atoms with Crippen LogP contribution in [0.25, 0.3) is 10.9 Å². The molecule has 6 nitrogen and oxygen atoms in total. The molecule has 2 unspecified atom stereocenters. The molecule has 2 fully saturated rings. The zero-order valence-electron chi connectivity index (χ0n) is 17.1. The van der Waals surface area contributed by atoms with Gasteiger partial charge in [0.25, 0.3) is 0 Å². The third-order valence-corrected chi connectivity index (χ3v) is 6.19. The van der Waals surface area contributed by atoms with Crippen LogP contribution in [0.15, 0.2) is 66.9 Å². The highest BCUT2D eigenvalue weighted by atomic mass is 16.6. The molecule has 0 radical (unpaired) electrons. The Morgan fingerprint density at radius 2 is 1.77 bits per heavy atom. The fourth-order valence-electron chi connectivity index (χ4n) is 4.69. The van der Waals surface area contributed by atoms with Gasteiger partial charge in [-0.25, -0.2) is 4.79 Å². The van der Waals surface area contributed by atoms with Gasteiger partial charge in [0.15, 0.2) is 5.78 Å². The number of nitrogens with zero attached hydrogens (tertiary/aromatic N) is 2. The molecule has 6 heteroatoms. The molecule has 0 saturated carbocycles. The number of amides is 1. The maximum atomic E-state index is 13.3. The zero-order chi connectivity index (χ0) is 21.2. The van der Waals surface area contributed by atoms with Gasteiger partial charge in [0, 0.05) is 23.1 Å². The summed E-state index contributed by atoms with van der Waals surface area (Å²) in [5.74, 6) is -0.00819. The highest BCUT2D eigenvalue weighted by molar-refractivity contribution is 6.01. The minimum Gasteiger partial charge on any atom is -0.445 e. The fraction of sp³-hybridized carbons (Fsp3) is 0.320. The Kier molecular flexibility index (Phi) is 5.38. The molecule has 5 rings (SSSR count). The van der Waals surface area contributed by atoms with E-state index in [0.29, 0.717) is 31.6 Å². The highest BCUT2D eigenvalue weighted by Gasteiger charge is 2.44. The van der Waals surface area contributed by atoms with Crippen molar-refractivity contribution in [2.45, 2.75) is 31.5 Å². The van der Waals surface area contributed by atoms with E-state index < -0.39 is 0 Å². The SMILES string of the molecule is O=C(c1ccc2ncccc2c1)C1CC2COCC(C1)N2C(=O)OCc1ccccc1. The Balaban J connectivity index is 1.29. The largest absolute Gasteiger partial charge is 0.445 e. The molecule has 0 aliphatic carbocycles. The molecule has 31 heavy (non-hydrogen) atoms. The monoisotopic (exact) mass is 416 g/mol. The molecule has 0 spiro atoms. The molecule has 3 heterocycles. The van der Waals surface area contributed by atoms with E-state index in [1.165, 1.54) is 0 Å². The van der Waals surface area contributed by atoms with Crippen LogP contribution in [0.5, 0.6) is 0 Å². The summed E-state index contributed by atoms with van der Waals surface area (Å²) >= 11 is 0.